The Hall–Kier alpha value is -1.26. The Morgan fingerprint density at radius 1 is 1.29 bits per heavy atom. The number of rotatable bonds is 7. The number of thiazole rings is 1. The third kappa shape index (κ3) is 5.56. The van der Waals surface area contributed by atoms with E-state index in [-0.39, 0.29) is 5.82 Å². The van der Waals surface area contributed by atoms with Gasteiger partial charge in [0.05, 0.1) is 5.01 Å². The molecule has 0 saturated heterocycles. The molecule has 0 bridgehead atoms. The van der Waals surface area contributed by atoms with E-state index in [1.807, 2.05) is 13.0 Å². The van der Waals surface area contributed by atoms with Crippen LogP contribution >= 0.6 is 11.3 Å². The number of aryl methyl sites for hydroxylation is 1. The number of hydrogen-bond donors (Lipinski definition) is 1. The summed E-state index contributed by atoms with van der Waals surface area (Å²) in [5.41, 5.74) is 2.13. The van der Waals surface area contributed by atoms with Gasteiger partial charge in [0, 0.05) is 23.5 Å². The van der Waals surface area contributed by atoms with E-state index in [0.717, 1.165) is 30.6 Å². The molecule has 1 unspecified atom stereocenters. The molecule has 2 nitrogen and oxygen atoms in total. The van der Waals surface area contributed by atoms with Gasteiger partial charge < -0.3 is 5.32 Å². The molecule has 0 radical (unpaired) electrons. The molecule has 0 spiro atoms. The highest BCUT2D eigenvalue weighted by Crippen LogP contribution is 2.18. The lowest BCUT2D eigenvalue weighted by molar-refractivity contribution is 0.443. The van der Waals surface area contributed by atoms with E-state index in [0.29, 0.717) is 12.0 Å². The molecule has 4 heteroatoms. The van der Waals surface area contributed by atoms with E-state index < -0.39 is 0 Å². The molecule has 2 rings (SSSR count). The third-order valence-corrected chi connectivity index (χ3v) is 4.35. The first kappa shape index (κ1) is 16.1. The Morgan fingerprint density at radius 2 is 2.10 bits per heavy atom. The summed E-state index contributed by atoms with van der Waals surface area (Å²) in [6, 6.07) is 7.37. The highest BCUT2D eigenvalue weighted by molar-refractivity contribution is 7.09. The average Bonchev–Trinajstić information content (AvgIpc) is 2.81. The van der Waals surface area contributed by atoms with Crippen molar-refractivity contribution in [3.63, 3.8) is 0 Å². The Bertz CT molecular complexity index is 565. The van der Waals surface area contributed by atoms with Crippen molar-refractivity contribution in [1.82, 2.24) is 10.3 Å². The minimum Gasteiger partial charge on any atom is -0.314 e. The zero-order valence-electron chi connectivity index (χ0n) is 12.9. The normalized spacial score (nSPS) is 12.8. The van der Waals surface area contributed by atoms with Gasteiger partial charge in [-0.1, -0.05) is 26.0 Å². The van der Waals surface area contributed by atoms with Gasteiger partial charge >= 0.3 is 0 Å². The van der Waals surface area contributed by atoms with Crippen LogP contribution in [-0.2, 0) is 12.8 Å². The summed E-state index contributed by atoms with van der Waals surface area (Å²) in [5, 5.41) is 6.74. The quantitative estimate of drug-likeness (QED) is 0.836. The summed E-state index contributed by atoms with van der Waals surface area (Å²) in [6.07, 6.45) is 1.81. The molecule has 1 N–H and O–H groups in total. The van der Waals surface area contributed by atoms with Crippen molar-refractivity contribution >= 4 is 11.3 Å². The molecule has 0 aliphatic heterocycles. The zero-order valence-corrected chi connectivity index (χ0v) is 13.7. The number of nitrogens with one attached hydrogen (secondary N) is 1. The van der Waals surface area contributed by atoms with Gasteiger partial charge in [-0.15, -0.1) is 11.3 Å². The maximum Gasteiger partial charge on any atom is 0.123 e. The van der Waals surface area contributed by atoms with Gasteiger partial charge in [-0.3, -0.25) is 0 Å². The summed E-state index contributed by atoms with van der Waals surface area (Å²) in [6.45, 7) is 7.24. The Kier molecular flexibility index (Phi) is 5.88. The van der Waals surface area contributed by atoms with Crippen LogP contribution in [0.25, 0.3) is 0 Å². The second-order valence-electron chi connectivity index (χ2n) is 5.85. The zero-order chi connectivity index (χ0) is 15.2. The van der Waals surface area contributed by atoms with Gasteiger partial charge in [0.25, 0.3) is 0 Å². The summed E-state index contributed by atoms with van der Waals surface area (Å²) in [5.74, 6) is 0.271. The van der Waals surface area contributed by atoms with Crippen molar-refractivity contribution in [2.24, 2.45) is 5.92 Å². The lowest BCUT2D eigenvalue weighted by atomic mass is 9.96. The standard InChI is InChI=1S/C17H23FN2S/c1-12(2)19-10-15(9-17-20-13(3)11-21-17)7-14-5-4-6-16(18)8-14/h4-6,8,11-12,15,19H,7,9-10H2,1-3H3. The first-order valence-corrected chi connectivity index (χ1v) is 8.29. The number of halogens is 1. The van der Waals surface area contributed by atoms with Crippen LogP contribution in [0.5, 0.6) is 0 Å². The predicted molar refractivity (Wildman–Crippen MR) is 87.3 cm³/mol. The van der Waals surface area contributed by atoms with Crippen LogP contribution in [0.2, 0.25) is 0 Å². The first-order valence-electron chi connectivity index (χ1n) is 7.41. The van der Waals surface area contributed by atoms with Gasteiger partial charge in [-0.25, -0.2) is 9.37 Å². The number of benzene rings is 1. The molecule has 0 fully saturated rings. The summed E-state index contributed by atoms with van der Waals surface area (Å²) in [7, 11) is 0. The van der Waals surface area contributed by atoms with Crippen molar-refractivity contribution in [1.29, 1.82) is 0 Å². The van der Waals surface area contributed by atoms with Crippen molar-refractivity contribution < 1.29 is 4.39 Å². The highest BCUT2D eigenvalue weighted by atomic mass is 32.1. The molecule has 114 valence electrons. The molecule has 1 heterocycles. The Labute approximate surface area is 130 Å². The number of aromatic nitrogens is 1. The molecular weight excluding hydrogens is 283 g/mol. The predicted octanol–water partition coefficient (Wildman–Crippen LogP) is 3.99. The summed E-state index contributed by atoms with van der Waals surface area (Å²) in [4.78, 5) is 4.55. The van der Waals surface area contributed by atoms with Crippen LogP contribution < -0.4 is 5.32 Å². The third-order valence-electron chi connectivity index (χ3n) is 3.36. The second-order valence-corrected chi connectivity index (χ2v) is 6.79. The average molecular weight is 306 g/mol. The molecule has 1 atom stereocenters. The van der Waals surface area contributed by atoms with E-state index in [1.165, 1.54) is 11.1 Å². The fourth-order valence-electron chi connectivity index (χ4n) is 2.36. The molecule has 0 amide bonds. The smallest absolute Gasteiger partial charge is 0.123 e. The largest absolute Gasteiger partial charge is 0.314 e. The van der Waals surface area contributed by atoms with Crippen LogP contribution in [0.3, 0.4) is 0 Å². The monoisotopic (exact) mass is 306 g/mol. The van der Waals surface area contributed by atoms with E-state index >= 15 is 0 Å². The van der Waals surface area contributed by atoms with Gasteiger partial charge in [-0.05, 0) is 43.5 Å². The number of hydrogen-bond acceptors (Lipinski definition) is 3. The molecule has 0 saturated carbocycles. The SMILES string of the molecule is Cc1csc(CC(CNC(C)C)Cc2cccc(F)c2)n1. The lowest BCUT2D eigenvalue weighted by Crippen LogP contribution is -2.31. The fourth-order valence-corrected chi connectivity index (χ4v) is 3.25. The van der Waals surface area contributed by atoms with E-state index in [9.17, 15) is 4.39 Å². The lowest BCUT2D eigenvalue weighted by Gasteiger charge is -2.18. The first-order chi connectivity index (χ1) is 10.0. The van der Waals surface area contributed by atoms with Crippen LogP contribution in [-0.4, -0.2) is 17.6 Å². The number of nitrogens with zero attached hydrogens (tertiary/aromatic N) is 1. The van der Waals surface area contributed by atoms with Crippen LogP contribution in [0.4, 0.5) is 4.39 Å². The van der Waals surface area contributed by atoms with Gasteiger partial charge in [-0.2, -0.15) is 0 Å². The fraction of sp³-hybridized carbons (Fsp3) is 0.471. The van der Waals surface area contributed by atoms with Crippen LogP contribution in [0.15, 0.2) is 29.6 Å². The van der Waals surface area contributed by atoms with Crippen LogP contribution in [0.1, 0.15) is 30.1 Å². The van der Waals surface area contributed by atoms with Crippen molar-refractivity contribution in [2.45, 2.75) is 39.7 Å². The van der Waals surface area contributed by atoms with Gasteiger partial charge in [0.1, 0.15) is 5.82 Å². The van der Waals surface area contributed by atoms with Crippen LogP contribution in [0, 0.1) is 18.7 Å². The van der Waals surface area contributed by atoms with E-state index in [4.69, 9.17) is 0 Å². The van der Waals surface area contributed by atoms with Crippen molar-refractivity contribution in [3.05, 3.63) is 51.7 Å². The topological polar surface area (TPSA) is 24.9 Å². The molecule has 1 aromatic heterocycles. The van der Waals surface area contributed by atoms with Crippen molar-refractivity contribution in [3.8, 4) is 0 Å². The van der Waals surface area contributed by atoms with Gasteiger partial charge in [0.2, 0.25) is 0 Å². The van der Waals surface area contributed by atoms with Crippen molar-refractivity contribution in [2.75, 3.05) is 6.54 Å². The minimum absolute atomic E-state index is 0.159. The Morgan fingerprint density at radius 3 is 2.71 bits per heavy atom. The van der Waals surface area contributed by atoms with E-state index in [1.54, 1.807) is 23.5 Å². The molecule has 1 aromatic carbocycles. The molecule has 2 aromatic rings. The molecule has 21 heavy (non-hydrogen) atoms. The maximum atomic E-state index is 13.3. The summed E-state index contributed by atoms with van der Waals surface area (Å²) >= 11 is 1.71. The Balaban J connectivity index is 2.04. The molecular formula is C17H23FN2S. The molecule has 0 aliphatic rings. The summed E-state index contributed by atoms with van der Waals surface area (Å²) < 4.78 is 13.3. The second kappa shape index (κ2) is 7.66. The molecule has 0 aliphatic carbocycles. The van der Waals surface area contributed by atoms with Gasteiger partial charge in [0.15, 0.2) is 0 Å². The maximum absolute atomic E-state index is 13.3. The van der Waals surface area contributed by atoms with E-state index in [2.05, 4.69) is 29.5 Å². The highest BCUT2D eigenvalue weighted by Gasteiger charge is 2.14. The minimum atomic E-state index is -0.159.